The molecule has 3 saturated carbocycles. The van der Waals surface area contributed by atoms with Crippen LogP contribution in [0.3, 0.4) is 0 Å². The minimum Gasteiger partial charge on any atom is -0.299 e. The molecule has 3 fully saturated rings. The van der Waals surface area contributed by atoms with Crippen LogP contribution in [0.4, 0.5) is 0 Å². The summed E-state index contributed by atoms with van der Waals surface area (Å²) in [5, 5.41) is 0. The highest BCUT2D eigenvalue weighted by Gasteiger charge is 2.69. The zero-order valence-corrected chi connectivity index (χ0v) is 7.93. The van der Waals surface area contributed by atoms with Gasteiger partial charge in [0.05, 0.1) is 0 Å². The normalized spacial score (nSPS) is 45.8. The lowest BCUT2D eigenvalue weighted by Gasteiger charge is -2.23. The monoisotopic (exact) mass is 178 g/mol. The molecule has 2 atom stereocenters. The Hall–Kier alpha value is -0.660. The van der Waals surface area contributed by atoms with Gasteiger partial charge >= 0.3 is 0 Å². The van der Waals surface area contributed by atoms with Crippen molar-refractivity contribution < 1.29 is 9.59 Å². The lowest BCUT2D eigenvalue weighted by atomic mass is 9.78. The molecule has 2 nitrogen and oxygen atoms in total. The van der Waals surface area contributed by atoms with E-state index in [1.165, 1.54) is 0 Å². The lowest BCUT2D eigenvalue weighted by Crippen LogP contribution is -2.26. The number of hydrogen-bond donors (Lipinski definition) is 0. The zero-order valence-electron chi connectivity index (χ0n) is 7.93. The first-order chi connectivity index (χ1) is 6.09. The molecule has 3 aliphatic carbocycles. The molecule has 0 saturated heterocycles. The van der Waals surface area contributed by atoms with Crippen molar-refractivity contribution in [2.75, 3.05) is 0 Å². The van der Waals surface area contributed by atoms with E-state index in [1.54, 1.807) is 0 Å². The summed E-state index contributed by atoms with van der Waals surface area (Å²) in [5.41, 5.74) is -0.269. The Balaban J connectivity index is 2.08. The van der Waals surface area contributed by atoms with Gasteiger partial charge in [-0.3, -0.25) is 9.59 Å². The SMILES string of the molecule is CC12CC(=O)C3(CC3)C1CCC2=O. The molecule has 2 unspecified atom stereocenters. The predicted molar refractivity (Wildman–Crippen MR) is 47.1 cm³/mol. The summed E-state index contributed by atoms with van der Waals surface area (Å²) < 4.78 is 0. The van der Waals surface area contributed by atoms with Crippen LogP contribution in [0.2, 0.25) is 0 Å². The van der Waals surface area contributed by atoms with Crippen molar-refractivity contribution in [1.29, 1.82) is 0 Å². The van der Waals surface area contributed by atoms with Gasteiger partial charge in [0.25, 0.3) is 0 Å². The van der Waals surface area contributed by atoms with Crippen LogP contribution in [0.25, 0.3) is 0 Å². The molecule has 0 radical (unpaired) electrons. The maximum Gasteiger partial charge on any atom is 0.140 e. The molecule has 3 rings (SSSR count). The lowest BCUT2D eigenvalue weighted by molar-refractivity contribution is -0.128. The number of Topliss-reactive ketones (excluding diaryl/α,β-unsaturated/α-hetero) is 2. The Morgan fingerprint density at radius 1 is 1.23 bits per heavy atom. The van der Waals surface area contributed by atoms with E-state index < -0.39 is 0 Å². The van der Waals surface area contributed by atoms with E-state index in [0.717, 1.165) is 25.7 Å². The number of hydrogen-bond acceptors (Lipinski definition) is 2. The molecule has 1 spiro atoms. The zero-order chi connectivity index (χ0) is 9.27. The highest BCUT2D eigenvalue weighted by atomic mass is 16.1. The van der Waals surface area contributed by atoms with Gasteiger partial charge in [0, 0.05) is 23.7 Å². The van der Waals surface area contributed by atoms with Crippen molar-refractivity contribution in [2.45, 2.75) is 39.0 Å². The van der Waals surface area contributed by atoms with Gasteiger partial charge in [0.2, 0.25) is 0 Å². The second-order valence-corrected chi connectivity index (χ2v) is 5.19. The molecule has 0 heterocycles. The van der Waals surface area contributed by atoms with Crippen LogP contribution >= 0.6 is 0 Å². The minimum atomic E-state index is -0.256. The minimum absolute atomic E-state index is 0.0130. The summed E-state index contributed by atoms with van der Waals surface area (Å²) in [5.74, 6) is 1.13. The quantitative estimate of drug-likeness (QED) is 0.566. The van der Waals surface area contributed by atoms with Gasteiger partial charge in [-0.05, 0) is 25.2 Å². The second-order valence-electron chi connectivity index (χ2n) is 5.19. The Morgan fingerprint density at radius 3 is 2.54 bits per heavy atom. The standard InChI is InChI=1S/C11H14O2/c1-10-6-9(13)11(4-5-11)7(10)2-3-8(10)12/h7H,2-6H2,1H3. The number of ketones is 2. The largest absolute Gasteiger partial charge is 0.299 e. The average molecular weight is 178 g/mol. The first-order valence-electron chi connectivity index (χ1n) is 5.16. The smallest absolute Gasteiger partial charge is 0.140 e. The van der Waals surface area contributed by atoms with Gasteiger partial charge < -0.3 is 0 Å². The Morgan fingerprint density at radius 2 is 1.92 bits per heavy atom. The summed E-state index contributed by atoms with van der Waals surface area (Å²) in [6.45, 7) is 2.01. The molecule has 13 heavy (non-hydrogen) atoms. The van der Waals surface area contributed by atoms with E-state index in [2.05, 4.69) is 0 Å². The second kappa shape index (κ2) is 1.89. The molecule has 3 aliphatic rings. The Labute approximate surface area is 77.7 Å². The molecule has 0 amide bonds. The maximum absolute atomic E-state index is 11.8. The fourth-order valence-corrected chi connectivity index (χ4v) is 3.65. The van der Waals surface area contributed by atoms with E-state index in [-0.39, 0.29) is 10.8 Å². The van der Waals surface area contributed by atoms with E-state index in [4.69, 9.17) is 0 Å². The average Bonchev–Trinajstić information content (AvgIpc) is 2.75. The van der Waals surface area contributed by atoms with Crippen LogP contribution in [0.15, 0.2) is 0 Å². The number of carbonyl (C=O) groups is 2. The summed E-state index contributed by atoms with van der Waals surface area (Å²) >= 11 is 0. The Bertz CT molecular complexity index is 314. The van der Waals surface area contributed by atoms with Crippen LogP contribution in [0.1, 0.15) is 39.0 Å². The predicted octanol–water partition coefficient (Wildman–Crippen LogP) is 1.72. The van der Waals surface area contributed by atoms with Crippen molar-refractivity contribution in [1.82, 2.24) is 0 Å². The first kappa shape index (κ1) is 7.72. The van der Waals surface area contributed by atoms with Gasteiger partial charge in [0.1, 0.15) is 11.6 Å². The number of rotatable bonds is 0. The third-order valence-electron chi connectivity index (χ3n) is 4.60. The molecule has 0 aromatic carbocycles. The van der Waals surface area contributed by atoms with Crippen molar-refractivity contribution in [3.05, 3.63) is 0 Å². The van der Waals surface area contributed by atoms with E-state index in [9.17, 15) is 9.59 Å². The number of fused-ring (bicyclic) bond motifs is 2. The van der Waals surface area contributed by atoms with E-state index in [0.29, 0.717) is 23.9 Å². The van der Waals surface area contributed by atoms with Gasteiger partial charge in [-0.2, -0.15) is 0 Å². The van der Waals surface area contributed by atoms with Gasteiger partial charge in [-0.15, -0.1) is 0 Å². The number of carbonyl (C=O) groups excluding carboxylic acids is 2. The third kappa shape index (κ3) is 0.673. The van der Waals surface area contributed by atoms with E-state index >= 15 is 0 Å². The van der Waals surface area contributed by atoms with Crippen molar-refractivity contribution in [3.8, 4) is 0 Å². The van der Waals surface area contributed by atoms with Gasteiger partial charge in [0.15, 0.2) is 0 Å². The highest BCUT2D eigenvalue weighted by Crippen LogP contribution is 2.69. The van der Waals surface area contributed by atoms with Crippen LogP contribution < -0.4 is 0 Å². The van der Waals surface area contributed by atoms with Crippen molar-refractivity contribution in [3.63, 3.8) is 0 Å². The summed E-state index contributed by atoms with van der Waals surface area (Å²) in [4.78, 5) is 23.5. The molecular weight excluding hydrogens is 164 g/mol. The van der Waals surface area contributed by atoms with Gasteiger partial charge in [-0.1, -0.05) is 6.92 Å². The maximum atomic E-state index is 11.8. The molecule has 0 aromatic rings. The van der Waals surface area contributed by atoms with Gasteiger partial charge in [-0.25, -0.2) is 0 Å². The fraction of sp³-hybridized carbons (Fsp3) is 0.818. The van der Waals surface area contributed by atoms with E-state index in [1.807, 2.05) is 6.92 Å². The van der Waals surface area contributed by atoms with Crippen molar-refractivity contribution >= 4 is 11.6 Å². The van der Waals surface area contributed by atoms with Crippen LogP contribution in [-0.2, 0) is 9.59 Å². The molecule has 0 N–H and O–H groups in total. The summed E-state index contributed by atoms with van der Waals surface area (Å²) in [7, 11) is 0. The van der Waals surface area contributed by atoms with Crippen LogP contribution in [0, 0.1) is 16.7 Å². The molecule has 70 valence electrons. The molecule has 0 aliphatic heterocycles. The first-order valence-corrected chi connectivity index (χ1v) is 5.16. The topological polar surface area (TPSA) is 34.1 Å². The molecule has 0 bridgehead atoms. The molecule has 2 heteroatoms. The molecule has 0 aromatic heterocycles. The Kier molecular flexibility index (Phi) is 1.12. The fourth-order valence-electron chi connectivity index (χ4n) is 3.65. The third-order valence-corrected chi connectivity index (χ3v) is 4.60. The summed E-state index contributed by atoms with van der Waals surface area (Å²) in [6.07, 6.45) is 4.34. The van der Waals surface area contributed by atoms with Crippen molar-refractivity contribution in [2.24, 2.45) is 16.7 Å². The van der Waals surface area contributed by atoms with Crippen LogP contribution in [0.5, 0.6) is 0 Å². The summed E-state index contributed by atoms with van der Waals surface area (Å²) in [6, 6.07) is 0. The highest BCUT2D eigenvalue weighted by molar-refractivity contribution is 6.00. The van der Waals surface area contributed by atoms with Crippen LogP contribution in [-0.4, -0.2) is 11.6 Å². The molecular formula is C11H14O2.